The van der Waals surface area contributed by atoms with Gasteiger partial charge in [-0.2, -0.15) is 0 Å². The van der Waals surface area contributed by atoms with Gasteiger partial charge in [0.25, 0.3) is 0 Å². The second kappa shape index (κ2) is 5.23. The summed E-state index contributed by atoms with van der Waals surface area (Å²) in [5.74, 6) is 1.89. The van der Waals surface area contributed by atoms with Gasteiger partial charge in [-0.1, -0.05) is 25.1 Å². The average molecular weight is 234 g/mol. The van der Waals surface area contributed by atoms with Crippen LogP contribution in [0.3, 0.4) is 0 Å². The molecule has 92 valence electrons. The second-order valence-corrected chi connectivity index (χ2v) is 4.11. The number of rotatable bonds is 2. The molecule has 17 heavy (non-hydrogen) atoms. The van der Waals surface area contributed by atoms with Gasteiger partial charge in [-0.15, -0.1) is 0 Å². The van der Waals surface area contributed by atoms with Crippen LogP contribution in [-0.2, 0) is 11.3 Å². The van der Waals surface area contributed by atoms with Gasteiger partial charge in [0.2, 0.25) is 0 Å². The number of ether oxygens (including phenoxy) is 3. The van der Waals surface area contributed by atoms with Crippen LogP contribution in [0.2, 0.25) is 0 Å². The third-order valence-corrected chi connectivity index (χ3v) is 3.03. The van der Waals surface area contributed by atoms with Crippen LogP contribution in [0, 0.1) is 0 Å². The molecule has 1 atom stereocenters. The highest BCUT2D eigenvalue weighted by atomic mass is 16.5. The van der Waals surface area contributed by atoms with E-state index in [4.69, 9.17) is 14.2 Å². The zero-order chi connectivity index (χ0) is 12.3. The molecule has 0 amide bonds. The lowest BCUT2D eigenvalue weighted by Gasteiger charge is -2.21. The van der Waals surface area contributed by atoms with Crippen molar-refractivity contribution < 1.29 is 14.2 Å². The molecule has 1 aliphatic heterocycles. The SMILES string of the molecule is COc1ccc2c(c1OC)C(C)/C=C\COC2. The van der Waals surface area contributed by atoms with Gasteiger partial charge in [-0.3, -0.25) is 0 Å². The molecule has 0 N–H and O–H groups in total. The van der Waals surface area contributed by atoms with Gasteiger partial charge in [0.05, 0.1) is 27.4 Å². The van der Waals surface area contributed by atoms with E-state index in [-0.39, 0.29) is 0 Å². The fourth-order valence-corrected chi connectivity index (χ4v) is 2.21. The van der Waals surface area contributed by atoms with Crippen LogP contribution < -0.4 is 9.47 Å². The zero-order valence-corrected chi connectivity index (χ0v) is 10.5. The number of methoxy groups -OCH3 is 2. The molecule has 0 aromatic heterocycles. The van der Waals surface area contributed by atoms with Crippen molar-refractivity contribution in [2.75, 3.05) is 20.8 Å². The lowest BCUT2D eigenvalue weighted by Crippen LogP contribution is -2.07. The standard InChI is InChI=1S/C14H18O3/c1-10-5-4-8-17-9-11-6-7-12(15-2)14(16-3)13(10)11/h4-7,10H,8-9H2,1-3H3/b5-4-. The molecular formula is C14H18O3. The molecule has 1 heterocycles. The average Bonchev–Trinajstić information content (AvgIpc) is 2.34. The smallest absolute Gasteiger partial charge is 0.164 e. The Balaban J connectivity index is 2.56. The Morgan fingerprint density at radius 1 is 1.24 bits per heavy atom. The Morgan fingerprint density at radius 3 is 2.76 bits per heavy atom. The van der Waals surface area contributed by atoms with Crippen LogP contribution >= 0.6 is 0 Å². The fraction of sp³-hybridized carbons (Fsp3) is 0.429. The monoisotopic (exact) mass is 234 g/mol. The molecule has 0 fully saturated rings. The first-order valence-electron chi connectivity index (χ1n) is 5.76. The number of allylic oxidation sites excluding steroid dienone is 1. The minimum Gasteiger partial charge on any atom is -0.493 e. The van der Waals surface area contributed by atoms with Crippen molar-refractivity contribution in [1.82, 2.24) is 0 Å². The summed E-state index contributed by atoms with van der Waals surface area (Å²) < 4.78 is 16.4. The van der Waals surface area contributed by atoms with Gasteiger partial charge in [0.15, 0.2) is 11.5 Å². The number of hydrogen-bond donors (Lipinski definition) is 0. The summed E-state index contributed by atoms with van der Waals surface area (Å²) in [5.41, 5.74) is 2.32. The van der Waals surface area contributed by atoms with E-state index in [1.807, 2.05) is 18.2 Å². The van der Waals surface area contributed by atoms with E-state index >= 15 is 0 Å². The molecule has 3 heteroatoms. The lowest BCUT2D eigenvalue weighted by molar-refractivity contribution is 0.146. The van der Waals surface area contributed by atoms with Gasteiger partial charge in [-0.25, -0.2) is 0 Å². The highest BCUT2D eigenvalue weighted by Gasteiger charge is 2.19. The van der Waals surface area contributed by atoms with E-state index < -0.39 is 0 Å². The highest BCUT2D eigenvalue weighted by Crippen LogP contribution is 2.39. The van der Waals surface area contributed by atoms with Gasteiger partial charge in [0.1, 0.15) is 0 Å². The number of benzene rings is 1. The summed E-state index contributed by atoms with van der Waals surface area (Å²) in [4.78, 5) is 0. The summed E-state index contributed by atoms with van der Waals surface area (Å²) in [6.45, 7) is 3.44. The second-order valence-electron chi connectivity index (χ2n) is 4.11. The topological polar surface area (TPSA) is 27.7 Å². The first-order valence-corrected chi connectivity index (χ1v) is 5.76. The van der Waals surface area contributed by atoms with E-state index in [9.17, 15) is 0 Å². The Hall–Kier alpha value is -1.48. The van der Waals surface area contributed by atoms with Crippen molar-refractivity contribution >= 4 is 0 Å². The largest absolute Gasteiger partial charge is 0.493 e. The molecule has 0 bridgehead atoms. The van der Waals surface area contributed by atoms with E-state index in [2.05, 4.69) is 13.0 Å². The maximum absolute atomic E-state index is 5.54. The quantitative estimate of drug-likeness (QED) is 0.736. The Labute approximate surface area is 102 Å². The molecule has 1 aromatic rings. The summed E-state index contributed by atoms with van der Waals surface area (Å²) in [7, 11) is 3.33. The number of fused-ring (bicyclic) bond motifs is 1. The van der Waals surface area contributed by atoms with Crippen molar-refractivity contribution in [3.63, 3.8) is 0 Å². The summed E-state index contributed by atoms with van der Waals surface area (Å²) >= 11 is 0. The van der Waals surface area contributed by atoms with Crippen LogP contribution in [0.25, 0.3) is 0 Å². The summed E-state index contributed by atoms with van der Waals surface area (Å²) in [5, 5.41) is 0. The minimum absolute atomic E-state index is 0.305. The molecule has 0 saturated heterocycles. The van der Waals surface area contributed by atoms with Crippen molar-refractivity contribution in [3.05, 3.63) is 35.4 Å². The third-order valence-electron chi connectivity index (χ3n) is 3.03. The molecule has 0 aliphatic carbocycles. The maximum Gasteiger partial charge on any atom is 0.164 e. The molecule has 2 rings (SSSR count). The van der Waals surface area contributed by atoms with E-state index in [1.54, 1.807) is 14.2 Å². The van der Waals surface area contributed by atoms with Gasteiger partial charge in [0, 0.05) is 11.5 Å². The Bertz CT molecular complexity index is 424. The van der Waals surface area contributed by atoms with Crippen LogP contribution in [0.15, 0.2) is 24.3 Å². The number of hydrogen-bond acceptors (Lipinski definition) is 3. The van der Waals surface area contributed by atoms with Gasteiger partial charge < -0.3 is 14.2 Å². The van der Waals surface area contributed by atoms with Crippen LogP contribution in [0.1, 0.15) is 24.0 Å². The van der Waals surface area contributed by atoms with Crippen molar-refractivity contribution in [2.45, 2.75) is 19.4 Å². The molecule has 1 aliphatic rings. The van der Waals surface area contributed by atoms with Crippen molar-refractivity contribution in [2.24, 2.45) is 0 Å². The van der Waals surface area contributed by atoms with Crippen molar-refractivity contribution in [3.8, 4) is 11.5 Å². The van der Waals surface area contributed by atoms with Crippen LogP contribution in [0.5, 0.6) is 11.5 Å². The Morgan fingerprint density at radius 2 is 2.06 bits per heavy atom. The fourth-order valence-electron chi connectivity index (χ4n) is 2.21. The predicted molar refractivity (Wildman–Crippen MR) is 66.8 cm³/mol. The first kappa shape index (κ1) is 12.0. The molecular weight excluding hydrogens is 216 g/mol. The first-order chi connectivity index (χ1) is 8.27. The molecule has 1 unspecified atom stereocenters. The van der Waals surface area contributed by atoms with E-state index in [0.717, 1.165) is 17.1 Å². The summed E-state index contributed by atoms with van der Waals surface area (Å²) in [6, 6.07) is 3.98. The van der Waals surface area contributed by atoms with Crippen LogP contribution in [0.4, 0.5) is 0 Å². The van der Waals surface area contributed by atoms with Crippen molar-refractivity contribution in [1.29, 1.82) is 0 Å². The highest BCUT2D eigenvalue weighted by molar-refractivity contribution is 5.53. The maximum atomic E-state index is 5.54. The molecule has 0 radical (unpaired) electrons. The predicted octanol–water partition coefficient (Wildman–Crippen LogP) is 2.89. The molecule has 0 spiro atoms. The van der Waals surface area contributed by atoms with E-state index in [1.165, 1.54) is 5.56 Å². The van der Waals surface area contributed by atoms with Gasteiger partial charge in [-0.05, 0) is 11.6 Å². The zero-order valence-electron chi connectivity index (χ0n) is 10.5. The van der Waals surface area contributed by atoms with Crippen LogP contribution in [-0.4, -0.2) is 20.8 Å². The Kier molecular flexibility index (Phi) is 3.69. The summed E-state index contributed by atoms with van der Waals surface area (Å²) in [6.07, 6.45) is 4.19. The third kappa shape index (κ3) is 2.29. The molecule has 0 saturated carbocycles. The normalized spacial score (nSPS) is 21.0. The van der Waals surface area contributed by atoms with Gasteiger partial charge >= 0.3 is 0 Å². The molecule has 1 aromatic carbocycles. The van der Waals surface area contributed by atoms with E-state index in [0.29, 0.717) is 19.1 Å². The molecule has 3 nitrogen and oxygen atoms in total. The minimum atomic E-state index is 0.305. The lowest BCUT2D eigenvalue weighted by atomic mass is 9.93.